The van der Waals surface area contributed by atoms with Crippen molar-refractivity contribution in [2.45, 2.75) is 63.5 Å². The van der Waals surface area contributed by atoms with Gasteiger partial charge in [-0.1, -0.05) is 73.8 Å². The lowest BCUT2D eigenvalue weighted by molar-refractivity contribution is -0.662. The molecule has 2 rings (SSSR count). The Kier molecular flexibility index (Phi) is 6.63. The summed E-state index contributed by atoms with van der Waals surface area (Å²) >= 11 is 3.27. The normalized spacial score (nSPS) is 12.7. The number of anilines is 2. The standard InChI is InChI=1S/C16H30N4S2Si2/c1-23(2,13-19-7-9-21-15(19)17)11-5-6-12-24(3,4)14-20-8-10-22-16(20)18/h7-10,17-18H,5-6,11-14H2,1-4H3/p+2. The number of nitrogen functional groups attached to an aromatic ring is 2. The molecule has 0 saturated heterocycles. The van der Waals surface area contributed by atoms with Crippen LogP contribution in [0.15, 0.2) is 23.2 Å². The van der Waals surface area contributed by atoms with E-state index in [1.54, 1.807) is 22.7 Å². The molecule has 0 aliphatic heterocycles. The molecule has 4 N–H and O–H groups in total. The van der Waals surface area contributed by atoms with Crippen LogP contribution in [0.3, 0.4) is 0 Å². The predicted molar refractivity (Wildman–Crippen MR) is 112 cm³/mol. The van der Waals surface area contributed by atoms with Crippen molar-refractivity contribution in [1.82, 2.24) is 0 Å². The average molecular weight is 401 g/mol. The lowest BCUT2D eigenvalue weighted by Crippen LogP contribution is -2.48. The zero-order valence-electron chi connectivity index (χ0n) is 15.4. The van der Waals surface area contributed by atoms with Crippen molar-refractivity contribution >= 4 is 49.1 Å². The Morgan fingerprint density at radius 2 is 1.17 bits per heavy atom. The molecule has 24 heavy (non-hydrogen) atoms. The van der Waals surface area contributed by atoms with Gasteiger partial charge in [0.25, 0.3) is 0 Å². The van der Waals surface area contributed by atoms with Gasteiger partial charge in [0, 0.05) is 10.8 Å². The third-order valence-corrected chi connectivity index (χ3v) is 11.9. The van der Waals surface area contributed by atoms with Crippen molar-refractivity contribution in [3.05, 3.63) is 23.2 Å². The lowest BCUT2D eigenvalue weighted by atomic mass is 10.4. The fourth-order valence-electron chi connectivity index (χ4n) is 3.18. The van der Waals surface area contributed by atoms with E-state index < -0.39 is 16.1 Å². The molecular formula is C16H32N4S2Si2+2. The Morgan fingerprint density at radius 1 is 0.792 bits per heavy atom. The summed E-state index contributed by atoms with van der Waals surface area (Å²) in [7, 11) is -2.45. The van der Waals surface area contributed by atoms with Gasteiger partial charge in [0.1, 0.15) is 12.4 Å². The van der Waals surface area contributed by atoms with Crippen LogP contribution in [0.4, 0.5) is 10.3 Å². The van der Waals surface area contributed by atoms with E-state index >= 15 is 0 Å². The maximum Gasteiger partial charge on any atom is 0.331 e. The van der Waals surface area contributed by atoms with Gasteiger partial charge >= 0.3 is 10.3 Å². The van der Waals surface area contributed by atoms with Crippen LogP contribution in [0.2, 0.25) is 38.3 Å². The number of aromatic nitrogens is 2. The van der Waals surface area contributed by atoms with E-state index in [2.05, 4.69) is 58.5 Å². The maximum absolute atomic E-state index is 6.03. The van der Waals surface area contributed by atoms with Gasteiger partial charge < -0.3 is 0 Å². The van der Waals surface area contributed by atoms with Crippen LogP contribution >= 0.6 is 22.7 Å². The summed E-state index contributed by atoms with van der Waals surface area (Å²) in [5.74, 6) is 0. The van der Waals surface area contributed by atoms with Crippen LogP contribution < -0.4 is 20.6 Å². The van der Waals surface area contributed by atoms with Crippen molar-refractivity contribution in [2.24, 2.45) is 0 Å². The fourth-order valence-corrected chi connectivity index (χ4v) is 9.75. The minimum Gasteiger partial charge on any atom is -0.278 e. The van der Waals surface area contributed by atoms with Gasteiger partial charge in [0.15, 0.2) is 0 Å². The number of unbranched alkanes of at least 4 members (excludes halogenated alkanes) is 1. The first kappa shape index (κ1) is 19.6. The summed E-state index contributed by atoms with van der Waals surface area (Å²) in [6.07, 6.45) is 9.25. The fraction of sp³-hybridized carbons (Fsp3) is 0.625. The molecule has 0 atom stereocenters. The molecule has 0 spiro atoms. The molecule has 0 amide bonds. The summed E-state index contributed by atoms with van der Waals surface area (Å²) in [5.41, 5.74) is 12.1. The molecule has 4 nitrogen and oxygen atoms in total. The van der Waals surface area contributed by atoms with Crippen molar-refractivity contribution in [2.75, 3.05) is 11.5 Å². The van der Waals surface area contributed by atoms with E-state index in [1.807, 2.05) is 0 Å². The number of nitrogens with two attached hydrogens (primary N) is 2. The topological polar surface area (TPSA) is 59.8 Å². The highest BCUT2D eigenvalue weighted by molar-refractivity contribution is 7.13. The van der Waals surface area contributed by atoms with Crippen LogP contribution in [0.25, 0.3) is 0 Å². The largest absolute Gasteiger partial charge is 0.331 e. The van der Waals surface area contributed by atoms with Gasteiger partial charge in [-0.2, -0.15) is 0 Å². The Morgan fingerprint density at radius 3 is 1.46 bits per heavy atom. The SMILES string of the molecule is C[Si](C)(CCCC[Si](C)(C)C[n+]1ccsc1N)C[n+]1ccsc1N. The summed E-state index contributed by atoms with van der Waals surface area (Å²) in [6.45, 7) is 9.95. The minimum absolute atomic E-state index is 0.939. The molecule has 0 fully saturated rings. The quantitative estimate of drug-likeness (QED) is 0.384. The molecule has 0 aromatic carbocycles. The molecular weight excluding hydrogens is 369 g/mol. The third-order valence-electron chi connectivity index (χ3n) is 4.58. The molecule has 0 unspecified atom stereocenters. The van der Waals surface area contributed by atoms with Crippen LogP contribution in [0, 0.1) is 0 Å². The van der Waals surface area contributed by atoms with E-state index in [1.165, 1.54) is 24.9 Å². The Balaban J connectivity index is 1.75. The van der Waals surface area contributed by atoms with Gasteiger partial charge in [-0.05, 0) is 0 Å². The smallest absolute Gasteiger partial charge is 0.278 e. The molecule has 0 saturated carbocycles. The maximum atomic E-state index is 6.03. The zero-order chi connectivity index (χ0) is 17.8. The molecule has 2 heterocycles. The van der Waals surface area contributed by atoms with Gasteiger partial charge in [0.2, 0.25) is 0 Å². The number of hydrogen-bond donors (Lipinski definition) is 2. The van der Waals surface area contributed by atoms with Crippen LogP contribution in [0.5, 0.6) is 0 Å². The predicted octanol–water partition coefficient (Wildman–Crippen LogP) is 3.52. The first-order valence-electron chi connectivity index (χ1n) is 8.63. The van der Waals surface area contributed by atoms with Crippen molar-refractivity contribution in [3.8, 4) is 0 Å². The van der Waals surface area contributed by atoms with Crippen LogP contribution in [0.1, 0.15) is 12.8 Å². The number of rotatable bonds is 9. The second-order valence-electron chi connectivity index (χ2n) is 8.27. The molecule has 0 bridgehead atoms. The first-order valence-corrected chi connectivity index (χ1v) is 17.2. The monoisotopic (exact) mass is 400 g/mol. The minimum atomic E-state index is -1.23. The summed E-state index contributed by atoms with van der Waals surface area (Å²) in [5, 5.41) is 6.05. The van der Waals surface area contributed by atoms with Gasteiger partial charge in [0.05, 0.1) is 28.5 Å². The lowest BCUT2D eigenvalue weighted by Gasteiger charge is -2.23. The number of hydrogen-bond acceptors (Lipinski definition) is 4. The summed E-state index contributed by atoms with van der Waals surface area (Å²) in [4.78, 5) is 0. The van der Waals surface area contributed by atoms with E-state index in [0.29, 0.717) is 0 Å². The van der Waals surface area contributed by atoms with Gasteiger partial charge in [-0.3, -0.25) is 11.5 Å². The third kappa shape index (κ3) is 5.98. The summed E-state index contributed by atoms with van der Waals surface area (Å²) in [6, 6.07) is 2.76. The highest BCUT2D eigenvalue weighted by Gasteiger charge is 2.28. The Hall–Kier alpha value is -0.706. The van der Waals surface area contributed by atoms with Crippen molar-refractivity contribution < 1.29 is 9.13 Å². The second kappa shape index (κ2) is 8.12. The number of nitrogens with zero attached hydrogens (tertiary/aromatic N) is 2. The molecule has 2 aromatic rings. The highest BCUT2D eigenvalue weighted by atomic mass is 32.1. The molecule has 0 aliphatic rings. The Bertz CT molecular complexity index is 596. The van der Waals surface area contributed by atoms with E-state index in [-0.39, 0.29) is 0 Å². The van der Waals surface area contributed by atoms with E-state index in [9.17, 15) is 0 Å². The molecule has 2 aromatic heterocycles. The Labute approximate surface area is 156 Å². The van der Waals surface area contributed by atoms with Crippen molar-refractivity contribution in [1.29, 1.82) is 0 Å². The first-order chi connectivity index (χ1) is 11.2. The average Bonchev–Trinajstić information content (AvgIpc) is 3.04. The number of thiazole rings is 2. The molecule has 0 aliphatic carbocycles. The van der Waals surface area contributed by atoms with Gasteiger partial charge in [-0.25, -0.2) is 9.13 Å². The molecule has 134 valence electrons. The van der Waals surface area contributed by atoms with E-state index in [0.717, 1.165) is 22.6 Å². The highest BCUT2D eigenvalue weighted by Crippen LogP contribution is 2.21. The zero-order valence-corrected chi connectivity index (χ0v) is 19.1. The van der Waals surface area contributed by atoms with Crippen molar-refractivity contribution in [3.63, 3.8) is 0 Å². The second-order valence-corrected chi connectivity index (χ2v) is 20.4. The summed E-state index contributed by atoms with van der Waals surface area (Å²) < 4.78 is 4.48. The van der Waals surface area contributed by atoms with Crippen LogP contribution in [-0.2, 0) is 12.3 Å². The van der Waals surface area contributed by atoms with Crippen LogP contribution in [-0.4, -0.2) is 16.1 Å². The molecule has 8 heteroatoms. The van der Waals surface area contributed by atoms with Gasteiger partial charge in [-0.15, -0.1) is 0 Å². The molecule has 0 radical (unpaired) electrons. The van der Waals surface area contributed by atoms with E-state index in [4.69, 9.17) is 11.5 Å².